The number of anilines is 1. The number of piperazine rings is 1. The second kappa shape index (κ2) is 10.5. The fourth-order valence-electron chi connectivity index (χ4n) is 4.47. The van der Waals surface area contributed by atoms with Crippen LogP contribution >= 0.6 is 0 Å². The summed E-state index contributed by atoms with van der Waals surface area (Å²) in [5.41, 5.74) is 0.913. The van der Waals surface area contributed by atoms with Gasteiger partial charge in [-0.15, -0.1) is 10.2 Å². The van der Waals surface area contributed by atoms with Gasteiger partial charge in [-0.1, -0.05) is 18.6 Å². The molecule has 1 aromatic heterocycles. The first-order valence-corrected chi connectivity index (χ1v) is 11.7. The van der Waals surface area contributed by atoms with E-state index in [1.165, 1.54) is 19.3 Å². The number of hydrogen-bond acceptors (Lipinski definition) is 5. The lowest BCUT2D eigenvalue weighted by atomic mass is 10.2. The van der Waals surface area contributed by atoms with Crippen LogP contribution in [0, 0.1) is 0 Å². The molecule has 0 atom stereocenters. The monoisotopic (exact) mass is 425 g/mol. The van der Waals surface area contributed by atoms with Crippen molar-refractivity contribution in [1.29, 1.82) is 0 Å². The van der Waals surface area contributed by atoms with Crippen LogP contribution in [-0.4, -0.2) is 70.0 Å². The average molecular weight is 426 g/mol. The second-order valence-electron chi connectivity index (χ2n) is 8.30. The van der Waals surface area contributed by atoms with Gasteiger partial charge in [0, 0.05) is 58.7 Å². The van der Waals surface area contributed by atoms with Crippen LogP contribution in [0.1, 0.15) is 44.3 Å². The number of aryl methyl sites for hydroxylation is 2. The fraction of sp³-hybridized carbons (Fsp3) is 0.609. The molecule has 168 valence electrons. The molecule has 2 aliphatic rings. The van der Waals surface area contributed by atoms with Gasteiger partial charge in [0.05, 0.1) is 5.69 Å². The van der Waals surface area contributed by atoms with Gasteiger partial charge in [-0.25, -0.2) is 0 Å². The van der Waals surface area contributed by atoms with Crippen LogP contribution in [0.5, 0.6) is 5.75 Å². The number of aromatic nitrogens is 3. The van der Waals surface area contributed by atoms with E-state index in [0.29, 0.717) is 5.75 Å². The van der Waals surface area contributed by atoms with Gasteiger partial charge in [-0.3, -0.25) is 4.99 Å². The molecule has 0 bridgehead atoms. The third-order valence-corrected chi connectivity index (χ3v) is 6.14. The summed E-state index contributed by atoms with van der Waals surface area (Å²) in [6.07, 6.45) is 6.71. The number of rotatable bonds is 6. The Labute approximate surface area is 185 Å². The zero-order chi connectivity index (χ0) is 21.5. The largest absolute Gasteiger partial charge is 0.506 e. The van der Waals surface area contributed by atoms with Crippen LogP contribution in [-0.2, 0) is 19.4 Å². The van der Waals surface area contributed by atoms with Crippen molar-refractivity contribution in [2.24, 2.45) is 4.99 Å². The molecule has 31 heavy (non-hydrogen) atoms. The van der Waals surface area contributed by atoms with Crippen molar-refractivity contribution in [3.05, 3.63) is 35.9 Å². The fourth-order valence-corrected chi connectivity index (χ4v) is 4.47. The molecule has 0 saturated carbocycles. The average Bonchev–Trinajstić information content (AvgIpc) is 3.02. The quantitative estimate of drug-likeness (QED) is 0.420. The molecule has 0 spiro atoms. The highest BCUT2D eigenvalue weighted by atomic mass is 16.3. The SMILES string of the molecule is CCNC(=NCCCc1nnc2n1CCCCC2)N1CCN(c2ccccc2O)CC1. The first kappa shape index (κ1) is 21.5. The van der Waals surface area contributed by atoms with Gasteiger partial charge in [-0.05, 0) is 38.3 Å². The van der Waals surface area contributed by atoms with Gasteiger partial charge in [0.25, 0.3) is 0 Å². The van der Waals surface area contributed by atoms with E-state index >= 15 is 0 Å². The summed E-state index contributed by atoms with van der Waals surface area (Å²) in [6, 6.07) is 7.57. The number of fused-ring (bicyclic) bond motifs is 1. The number of benzene rings is 1. The maximum atomic E-state index is 10.1. The molecule has 0 amide bonds. The van der Waals surface area contributed by atoms with E-state index < -0.39 is 0 Å². The third-order valence-electron chi connectivity index (χ3n) is 6.14. The van der Waals surface area contributed by atoms with Crippen LogP contribution in [0.2, 0.25) is 0 Å². The molecule has 1 aromatic carbocycles. The lowest BCUT2D eigenvalue weighted by Gasteiger charge is -2.37. The number of phenols is 1. The molecule has 2 N–H and O–H groups in total. The summed E-state index contributed by atoms with van der Waals surface area (Å²) in [4.78, 5) is 9.45. The highest BCUT2D eigenvalue weighted by Crippen LogP contribution is 2.27. The summed E-state index contributed by atoms with van der Waals surface area (Å²) in [6.45, 7) is 8.32. The van der Waals surface area contributed by atoms with E-state index in [0.717, 1.165) is 88.4 Å². The number of guanidine groups is 1. The maximum absolute atomic E-state index is 10.1. The van der Waals surface area contributed by atoms with E-state index in [4.69, 9.17) is 4.99 Å². The summed E-state index contributed by atoms with van der Waals surface area (Å²) in [7, 11) is 0. The molecule has 3 heterocycles. The summed E-state index contributed by atoms with van der Waals surface area (Å²) >= 11 is 0. The molecule has 2 aliphatic heterocycles. The summed E-state index contributed by atoms with van der Waals surface area (Å²) in [5.74, 6) is 3.61. The number of aromatic hydroxyl groups is 1. The van der Waals surface area contributed by atoms with E-state index in [1.807, 2.05) is 18.2 Å². The minimum Gasteiger partial charge on any atom is -0.506 e. The molecule has 0 radical (unpaired) electrons. The smallest absolute Gasteiger partial charge is 0.194 e. The molecule has 0 aliphatic carbocycles. The topological polar surface area (TPSA) is 81.8 Å². The van der Waals surface area contributed by atoms with Crippen LogP contribution in [0.25, 0.3) is 0 Å². The Bertz CT molecular complexity index is 871. The van der Waals surface area contributed by atoms with Crippen molar-refractivity contribution in [3.63, 3.8) is 0 Å². The Morgan fingerprint density at radius 2 is 1.90 bits per heavy atom. The van der Waals surface area contributed by atoms with Crippen molar-refractivity contribution in [2.45, 2.75) is 52.0 Å². The number of para-hydroxylation sites is 2. The van der Waals surface area contributed by atoms with Crippen molar-refractivity contribution in [1.82, 2.24) is 25.0 Å². The zero-order valence-corrected chi connectivity index (χ0v) is 18.6. The van der Waals surface area contributed by atoms with Gasteiger partial charge < -0.3 is 24.8 Å². The van der Waals surface area contributed by atoms with Crippen molar-refractivity contribution >= 4 is 11.6 Å². The Hall–Kier alpha value is -2.77. The maximum Gasteiger partial charge on any atom is 0.194 e. The minimum atomic E-state index is 0.350. The van der Waals surface area contributed by atoms with Crippen LogP contribution in [0.15, 0.2) is 29.3 Å². The summed E-state index contributed by atoms with van der Waals surface area (Å²) < 4.78 is 2.33. The number of nitrogens with one attached hydrogen (secondary N) is 1. The lowest BCUT2D eigenvalue weighted by molar-refractivity contribution is 0.369. The third kappa shape index (κ3) is 5.29. The first-order valence-electron chi connectivity index (χ1n) is 11.7. The number of aliphatic imine (C=N–C) groups is 1. The number of phenolic OH excluding ortho intramolecular Hbond substituents is 1. The summed E-state index contributed by atoms with van der Waals surface area (Å²) in [5, 5.41) is 22.4. The molecule has 1 fully saturated rings. The van der Waals surface area contributed by atoms with Gasteiger partial charge in [0.2, 0.25) is 0 Å². The predicted molar refractivity (Wildman–Crippen MR) is 124 cm³/mol. The number of nitrogens with zero attached hydrogens (tertiary/aromatic N) is 6. The highest BCUT2D eigenvalue weighted by Gasteiger charge is 2.21. The Morgan fingerprint density at radius 3 is 2.71 bits per heavy atom. The lowest BCUT2D eigenvalue weighted by Crippen LogP contribution is -2.52. The highest BCUT2D eigenvalue weighted by molar-refractivity contribution is 5.80. The van der Waals surface area contributed by atoms with Crippen LogP contribution < -0.4 is 10.2 Å². The molecule has 0 unspecified atom stereocenters. The normalized spacial score (nSPS) is 17.4. The molecule has 4 rings (SSSR count). The van der Waals surface area contributed by atoms with E-state index in [9.17, 15) is 5.11 Å². The van der Waals surface area contributed by atoms with Crippen molar-refractivity contribution in [3.8, 4) is 5.75 Å². The molecular weight excluding hydrogens is 390 g/mol. The van der Waals surface area contributed by atoms with Crippen LogP contribution in [0.4, 0.5) is 5.69 Å². The molecule has 1 saturated heterocycles. The Morgan fingerprint density at radius 1 is 1.06 bits per heavy atom. The Balaban J connectivity index is 1.30. The molecule has 2 aromatic rings. The van der Waals surface area contributed by atoms with Gasteiger partial charge >= 0.3 is 0 Å². The first-order chi connectivity index (χ1) is 15.3. The van der Waals surface area contributed by atoms with Gasteiger partial charge in [0.1, 0.15) is 17.4 Å². The van der Waals surface area contributed by atoms with Gasteiger partial charge in [0.15, 0.2) is 5.96 Å². The predicted octanol–water partition coefficient (Wildman–Crippen LogP) is 2.43. The van der Waals surface area contributed by atoms with Gasteiger partial charge in [-0.2, -0.15) is 0 Å². The van der Waals surface area contributed by atoms with Crippen LogP contribution in [0.3, 0.4) is 0 Å². The van der Waals surface area contributed by atoms with Crippen molar-refractivity contribution in [2.75, 3.05) is 44.2 Å². The van der Waals surface area contributed by atoms with E-state index in [1.54, 1.807) is 6.07 Å². The zero-order valence-electron chi connectivity index (χ0n) is 18.6. The standard InChI is InChI=1S/C23H35N7O/c1-2-24-23(29-17-15-28(16-18-29)19-9-5-6-10-20(19)31)25-13-8-12-22-27-26-21-11-4-3-7-14-30(21)22/h5-6,9-10,31H,2-4,7-8,11-18H2,1H3,(H,24,25). The van der Waals surface area contributed by atoms with Crippen molar-refractivity contribution < 1.29 is 5.11 Å². The molecule has 8 heteroatoms. The second-order valence-corrected chi connectivity index (χ2v) is 8.30. The number of hydrogen-bond donors (Lipinski definition) is 2. The molecular formula is C23H35N7O. The Kier molecular flexibility index (Phi) is 7.27. The van der Waals surface area contributed by atoms with E-state index in [-0.39, 0.29) is 0 Å². The minimum absolute atomic E-state index is 0.350. The van der Waals surface area contributed by atoms with E-state index in [2.05, 4.69) is 36.8 Å². The molecule has 8 nitrogen and oxygen atoms in total.